The number of rotatable bonds is 5. The van der Waals surface area contributed by atoms with Crippen LogP contribution in [-0.2, 0) is 12.8 Å². The molecule has 0 amide bonds. The Hall–Kier alpha value is -1.42. The van der Waals surface area contributed by atoms with Crippen LogP contribution < -0.4 is 5.32 Å². The Morgan fingerprint density at radius 2 is 2.25 bits per heavy atom. The molecule has 4 heteroatoms. The summed E-state index contributed by atoms with van der Waals surface area (Å²) in [6.45, 7) is 3.00. The Morgan fingerprint density at radius 3 is 2.94 bits per heavy atom. The van der Waals surface area contributed by atoms with E-state index in [0.717, 1.165) is 35.9 Å². The second kappa shape index (κ2) is 5.61. The largest absolute Gasteiger partial charge is 0.361 e. The molecule has 3 nitrogen and oxygen atoms in total. The fourth-order valence-electron chi connectivity index (χ4n) is 1.39. The lowest BCUT2D eigenvalue weighted by molar-refractivity contribution is 0.954. The topological polar surface area (TPSA) is 37.8 Å². The van der Waals surface area contributed by atoms with E-state index < -0.39 is 0 Å². The van der Waals surface area contributed by atoms with Crippen molar-refractivity contribution >= 4 is 16.5 Å². The lowest BCUT2D eigenvalue weighted by Gasteiger charge is -2.01. The van der Waals surface area contributed by atoms with Gasteiger partial charge in [-0.2, -0.15) is 0 Å². The maximum Gasteiger partial charge on any atom is 0.182 e. The standard InChI is InChI=1S/C12H15N3S/c1-2-10-9-16-12(15-10)14-8-6-11-5-3-4-7-13-11/h3-5,7,9H,2,6,8H2,1H3,(H,14,15). The van der Waals surface area contributed by atoms with Gasteiger partial charge in [0.25, 0.3) is 0 Å². The smallest absolute Gasteiger partial charge is 0.182 e. The molecule has 84 valence electrons. The predicted molar refractivity (Wildman–Crippen MR) is 67.9 cm³/mol. The number of hydrogen-bond donors (Lipinski definition) is 1. The highest BCUT2D eigenvalue weighted by Gasteiger charge is 1.99. The van der Waals surface area contributed by atoms with Crippen LogP contribution >= 0.6 is 11.3 Å². The fraction of sp³-hybridized carbons (Fsp3) is 0.333. The van der Waals surface area contributed by atoms with Crippen molar-refractivity contribution in [1.29, 1.82) is 0 Å². The van der Waals surface area contributed by atoms with Crippen LogP contribution in [0, 0.1) is 0 Å². The van der Waals surface area contributed by atoms with Crippen molar-refractivity contribution < 1.29 is 0 Å². The molecule has 2 aromatic rings. The highest BCUT2D eigenvalue weighted by atomic mass is 32.1. The Kier molecular flexibility index (Phi) is 3.88. The maximum absolute atomic E-state index is 4.45. The van der Waals surface area contributed by atoms with Crippen molar-refractivity contribution in [2.45, 2.75) is 19.8 Å². The van der Waals surface area contributed by atoms with Crippen LogP contribution in [0.25, 0.3) is 0 Å². The highest BCUT2D eigenvalue weighted by molar-refractivity contribution is 7.13. The molecular formula is C12H15N3S. The van der Waals surface area contributed by atoms with E-state index in [1.807, 2.05) is 24.4 Å². The summed E-state index contributed by atoms with van der Waals surface area (Å²) in [5, 5.41) is 6.42. The zero-order valence-corrected chi connectivity index (χ0v) is 10.1. The van der Waals surface area contributed by atoms with E-state index in [1.165, 1.54) is 0 Å². The Morgan fingerprint density at radius 1 is 1.31 bits per heavy atom. The quantitative estimate of drug-likeness (QED) is 0.863. The van der Waals surface area contributed by atoms with Gasteiger partial charge < -0.3 is 5.32 Å². The number of aryl methyl sites for hydroxylation is 1. The molecule has 2 aromatic heterocycles. The minimum atomic E-state index is 0.883. The summed E-state index contributed by atoms with van der Waals surface area (Å²) >= 11 is 1.67. The van der Waals surface area contributed by atoms with Crippen LogP contribution in [0.3, 0.4) is 0 Å². The molecule has 2 heterocycles. The molecule has 0 aromatic carbocycles. The van der Waals surface area contributed by atoms with Crippen molar-refractivity contribution in [2.24, 2.45) is 0 Å². The first-order valence-electron chi connectivity index (χ1n) is 5.46. The Bertz CT molecular complexity index is 425. The molecule has 0 unspecified atom stereocenters. The molecule has 0 fully saturated rings. The van der Waals surface area contributed by atoms with Crippen molar-refractivity contribution in [1.82, 2.24) is 9.97 Å². The van der Waals surface area contributed by atoms with E-state index in [2.05, 4.69) is 27.6 Å². The summed E-state index contributed by atoms with van der Waals surface area (Å²) in [5.74, 6) is 0. The van der Waals surface area contributed by atoms with Crippen LogP contribution in [0.4, 0.5) is 5.13 Å². The Labute approximate surface area is 99.6 Å². The third kappa shape index (κ3) is 3.03. The van der Waals surface area contributed by atoms with Crippen LogP contribution in [-0.4, -0.2) is 16.5 Å². The van der Waals surface area contributed by atoms with Gasteiger partial charge in [0.1, 0.15) is 0 Å². The first kappa shape index (κ1) is 11.1. The molecule has 16 heavy (non-hydrogen) atoms. The van der Waals surface area contributed by atoms with Gasteiger partial charge in [-0.05, 0) is 18.6 Å². The van der Waals surface area contributed by atoms with Gasteiger partial charge in [0.05, 0.1) is 5.69 Å². The molecule has 1 N–H and O–H groups in total. The number of hydrogen-bond acceptors (Lipinski definition) is 4. The molecule has 0 aliphatic rings. The van der Waals surface area contributed by atoms with E-state index in [9.17, 15) is 0 Å². The molecule has 0 bridgehead atoms. The molecule has 0 saturated heterocycles. The summed E-state index contributed by atoms with van der Waals surface area (Å²) in [7, 11) is 0. The lowest BCUT2D eigenvalue weighted by Crippen LogP contribution is -2.05. The average Bonchev–Trinajstić information content (AvgIpc) is 2.78. The molecule has 0 aliphatic heterocycles. The minimum Gasteiger partial charge on any atom is -0.361 e. The minimum absolute atomic E-state index is 0.883. The zero-order valence-electron chi connectivity index (χ0n) is 9.31. The number of pyridine rings is 1. The van der Waals surface area contributed by atoms with E-state index >= 15 is 0 Å². The van der Waals surface area contributed by atoms with E-state index in [-0.39, 0.29) is 0 Å². The normalized spacial score (nSPS) is 10.3. The second-order valence-electron chi connectivity index (χ2n) is 3.50. The Balaban J connectivity index is 1.80. The van der Waals surface area contributed by atoms with Crippen molar-refractivity contribution in [3.05, 3.63) is 41.2 Å². The third-order valence-corrected chi connectivity index (χ3v) is 3.15. The molecule has 0 saturated carbocycles. The first-order chi connectivity index (χ1) is 7.88. The van der Waals surface area contributed by atoms with Gasteiger partial charge in [0.15, 0.2) is 5.13 Å². The van der Waals surface area contributed by atoms with Crippen molar-refractivity contribution in [3.63, 3.8) is 0 Å². The molecule has 0 radical (unpaired) electrons. The van der Waals surface area contributed by atoms with Crippen LogP contribution in [0.2, 0.25) is 0 Å². The molecule has 0 aliphatic carbocycles. The number of anilines is 1. The first-order valence-corrected chi connectivity index (χ1v) is 6.34. The lowest BCUT2D eigenvalue weighted by atomic mass is 10.3. The highest BCUT2D eigenvalue weighted by Crippen LogP contribution is 2.15. The van der Waals surface area contributed by atoms with E-state index in [4.69, 9.17) is 0 Å². The third-order valence-electron chi connectivity index (χ3n) is 2.30. The predicted octanol–water partition coefficient (Wildman–Crippen LogP) is 2.76. The van der Waals surface area contributed by atoms with Gasteiger partial charge in [-0.3, -0.25) is 4.98 Å². The van der Waals surface area contributed by atoms with Gasteiger partial charge >= 0.3 is 0 Å². The molecular weight excluding hydrogens is 218 g/mol. The van der Waals surface area contributed by atoms with Crippen LogP contribution in [0.15, 0.2) is 29.8 Å². The summed E-state index contributed by atoms with van der Waals surface area (Å²) < 4.78 is 0. The zero-order chi connectivity index (χ0) is 11.2. The van der Waals surface area contributed by atoms with E-state index in [1.54, 1.807) is 11.3 Å². The van der Waals surface area contributed by atoms with E-state index in [0.29, 0.717) is 0 Å². The van der Waals surface area contributed by atoms with Gasteiger partial charge in [0.2, 0.25) is 0 Å². The molecule has 0 spiro atoms. The number of nitrogens with one attached hydrogen (secondary N) is 1. The number of aromatic nitrogens is 2. The van der Waals surface area contributed by atoms with Gasteiger partial charge in [-0.25, -0.2) is 4.98 Å². The maximum atomic E-state index is 4.45. The fourth-order valence-corrected chi connectivity index (χ4v) is 2.22. The van der Waals surface area contributed by atoms with Gasteiger partial charge in [0, 0.05) is 30.2 Å². The van der Waals surface area contributed by atoms with Crippen LogP contribution in [0.1, 0.15) is 18.3 Å². The number of thiazole rings is 1. The monoisotopic (exact) mass is 233 g/mol. The summed E-state index contributed by atoms with van der Waals surface area (Å²) in [6.07, 6.45) is 3.76. The van der Waals surface area contributed by atoms with Crippen LogP contribution in [0.5, 0.6) is 0 Å². The van der Waals surface area contributed by atoms with Crippen molar-refractivity contribution in [3.8, 4) is 0 Å². The van der Waals surface area contributed by atoms with Gasteiger partial charge in [-0.1, -0.05) is 13.0 Å². The molecule has 2 rings (SSSR count). The summed E-state index contributed by atoms with van der Waals surface area (Å²) in [5.41, 5.74) is 2.27. The summed E-state index contributed by atoms with van der Waals surface area (Å²) in [4.78, 5) is 8.72. The molecule has 0 atom stereocenters. The summed E-state index contributed by atoms with van der Waals surface area (Å²) in [6, 6.07) is 5.99. The van der Waals surface area contributed by atoms with Crippen molar-refractivity contribution in [2.75, 3.05) is 11.9 Å². The SMILES string of the molecule is CCc1csc(NCCc2ccccn2)n1. The average molecular weight is 233 g/mol. The second-order valence-corrected chi connectivity index (χ2v) is 4.35. The van der Waals surface area contributed by atoms with Gasteiger partial charge in [-0.15, -0.1) is 11.3 Å². The number of nitrogens with zero attached hydrogens (tertiary/aromatic N) is 2.